The van der Waals surface area contributed by atoms with Gasteiger partial charge in [-0.2, -0.15) is 5.26 Å². The fourth-order valence-corrected chi connectivity index (χ4v) is 2.76. The molecule has 2 amide bonds. The van der Waals surface area contributed by atoms with Crippen LogP contribution in [0, 0.1) is 17.2 Å². The zero-order valence-corrected chi connectivity index (χ0v) is 16.9. The number of nitrogens with zero attached hydrogens (tertiary/aromatic N) is 3. The molecule has 0 unspecified atom stereocenters. The number of nitrogens with one attached hydrogen (secondary N) is 3. The van der Waals surface area contributed by atoms with Crippen LogP contribution in [0.5, 0.6) is 0 Å². The van der Waals surface area contributed by atoms with Gasteiger partial charge in [-0.15, -0.1) is 0 Å². The molecule has 0 radical (unpaired) electrons. The third-order valence-corrected chi connectivity index (χ3v) is 4.66. The van der Waals surface area contributed by atoms with Gasteiger partial charge in [0, 0.05) is 25.1 Å². The Bertz CT molecular complexity index is 950. The van der Waals surface area contributed by atoms with Crippen molar-refractivity contribution in [3.05, 3.63) is 36.2 Å². The molecule has 9 nitrogen and oxygen atoms in total. The highest BCUT2D eigenvalue weighted by atomic mass is 16.5. The van der Waals surface area contributed by atoms with Crippen molar-refractivity contribution in [2.75, 3.05) is 30.9 Å². The minimum atomic E-state index is -0.546. The number of carbonyl (C=O) groups excluding carboxylic acids is 2. The van der Waals surface area contributed by atoms with E-state index >= 15 is 0 Å². The Morgan fingerprint density at radius 1 is 1.30 bits per heavy atom. The maximum absolute atomic E-state index is 12.2. The summed E-state index contributed by atoms with van der Waals surface area (Å²) < 4.78 is 4.92. The van der Waals surface area contributed by atoms with Crippen LogP contribution in [0.3, 0.4) is 0 Å². The van der Waals surface area contributed by atoms with Gasteiger partial charge < -0.3 is 20.7 Å². The molecule has 1 aliphatic carbocycles. The topological polar surface area (TPSA) is 129 Å². The number of anilines is 2. The first kappa shape index (κ1) is 21.2. The molecule has 30 heavy (non-hydrogen) atoms. The molecule has 0 spiro atoms. The first-order chi connectivity index (χ1) is 14.5. The summed E-state index contributed by atoms with van der Waals surface area (Å²) in [6, 6.07) is 6.76. The largest absolute Gasteiger partial charge is 0.383 e. The Kier molecular flexibility index (Phi) is 6.93. The second kappa shape index (κ2) is 9.80. The molecule has 0 aliphatic heterocycles. The summed E-state index contributed by atoms with van der Waals surface area (Å²) in [5.41, 5.74) is 2.26. The molecule has 1 heterocycles. The number of methoxy groups -OCH3 is 1. The second-order valence-corrected chi connectivity index (χ2v) is 7.07. The summed E-state index contributed by atoms with van der Waals surface area (Å²) in [6.07, 6.45) is 4.91. The molecule has 3 rings (SSSR count). The van der Waals surface area contributed by atoms with Crippen molar-refractivity contribution in [2.45, 2.75) is 25.8 Å². The number of benzene rings is 1. The number of carbonyl (C=O) groups is 2. The van der Waals surface area contributed by atoms with Gasteiger partial charge >= 0.3 is 0 Å². The fraction of sp³-hybridized carbons (Fsp3) is 0.381. The summed E-state index contributed by atoms with van der Waals surface area (Å²) in [7, 11) is 1.56. The summed E-state index contributed by atoms with van der Waals surface area (Å²) in [4.78, 5) is 32.6. The number of ether oxygens (including phenoxy) is 1. The van der Waals surface area contributed by atoms with E-state index in [2.05, 4.69) is 32.0 Å². The van der Waals surface area contributed by atoms with E-state index in [1.165, 1.54) is 6.20 Å². The zero-order valence-electron chi connectivity index (χ0n) is 16.9. The van der Waals surface area contributed by atoms with Gasteiger partial charge in [0.25, 0.3) is 0 Å². The molecule has 1 aliphatic rings. The lowest BCUT2D eigenvalue weighted by atomic mass is 10.1. The number of hydrogen-bond donors (Lipinski definition) is 3. The quantitative estimate of drug-likeness (QED) is 0.541. The van der Waals surface area contributed by atoms with Crippen molar-refractivity contribution in [1.82, 2.24) is 15.3 Å². The lowest BCUT2D eigenvalue weighted by molar-refractivity contribution is -0.121. The maximum Gasteiger partial charge on any atom is 0.242 e. The van der Waals surface area contributed by atoms with E-state index in [-0.39, 0.29) is 17.7 Å². The molecule has 0 saturated heterocycles. The molecule has 1 aromatic carbocycles. The third-order valence-electron chi connectivity index (χ3n) is 4.66. The highest BCUT2D eigenvalue weighted by Crippen LogP contribution is 2.30. The van der Waals surface area contributed by atoms with Gasteiger partial charge in [0.05, 0.1) is 35.9 Å². The average Bonchev–Trinajstić information content (AvgIpc) is 3.60. The van der Waals surface area contributed by atoms with Crippen molar-refractivity contribution in [1.29, 1.82) is 5.26 Å². The van der Waals surface area contributed by atoms with E-state index in [4.69, 9.17) is 4.74 Å². The van der Waals surface area contributed by atoms with Crippen LogP contribution >= 0.6 is 0 Å². The molecule has 2 aromatic rings. The van der Waals surface area contributed by atoms with Crippen molar-refractivity contribution in [2.24, 2.45) is 5.92 Å². The molecular formula is C21H24N6O3. The fourth-order valence-electron chi connectivity index (χ4n) is 2.76. The molecule has 1 saturated carbocycles. The Hall–Kier alpha value is -3.51. The predicted molar refractivity (Wildman–Crippen MR) is 112 cm³/mol. The lowest BCUT2D eigenvalue weighted by Gasteiger charge is -2.17. The van der Waals surface area contributed by atoms with Crippen molar-refractivity contribution in [3.63, 3.8) is 0 Å². The Labute approximate surface area is 174 Å². The van der Waals surface area contributed by atoms with Crippen LogP contribution in [-0.2, 0) is 14.3 Å². The van der Waals surface area contributed by atoms with Gasteiger partial charge in [0.2, 0.25) is 11.8 Å². The van der Waals surface area contributed by atoms with Gasteiger partial charge in [0.15, 0.2) is 5.82 Å². The summed E-state index contributed by atoms with van der Waals surface area (Å²) in [6.45, 7) is 2.55. The summed E-state index contributed by atoms with van der Waals surface area (Å²) >= 11 is 0. The van der Waals surface area contributed by atoms with E-state index in [9.17, 15) is 14.9 Å². The molecule has 156 valence electrons. The molecule has 9 heteroatoms. The monoisotopic (exact) mass is 408 g/mol. The lowest BCUT2D eigenvalue weighted by Crippen LogP contribution is -2.39. The SMILES string of the molecule is COCCNC(=O)[C@H](C)Nc1cc(-c2cnc(NC(=O)C3CC3)cn2)ccc1C#N. The number of hydrogen-bond acceptors (Lipinski definition) is 7. The normalized spacial score (nSPS) is 13.8. The van der Waals surface area contributed by atoms with E-state index < -0.39 is 6.04 Å². The smallest absolute Gasteiger partial charge is 0.242 e. The number of amides is 2. The van der Waals surface area contributed by atoms with E-state index in [0.717, 1.165) is 18.4 Å². The van der Waals surface area contributed by atoms with E-state index in [0.29, 0.717) is 35.9 Å². The average molecular weight is 408 g/mol. The number of aromatic nitrogens is 2. The molecule has 1 atom stereocenters. The Balaban J connectivity index is 1.71. The van der Waals surface area contributed by atoms with Gasteiger partial charge in [-0.05, 0) is 31.9 Å². The summed E-state index contributed by atoms with van der Waals surface area (Å²) in [5, 5.41) is 18.0. The van der Waals surface area contributed by atoms with Crippen LogP contribution < -0.4 is 16.0 Å². The Morgan fingerprint density at radius 2 is 2.10 bits per heavy atom. The van der Waals surface area contributed by atoms with Gasteiger partial charge in [-0.3, -0.25) is 14.6 Å². The third kappa shape index (κ3) is 5.52. The van der Waals surface area contributed by atoms with Crippen molar-refractivity contribution in [3.8, 4) is 17.3 Å². The first-order valence-corrected chi connectivity index (χ1v) is 9.72. The molecule has 1 aromatic heterocycles. The number of rotatable bonds is 9. The van der Waals surface area contributed by atoms with Gasteiger partial charge in [0.1, 0.15) is 12.1 Å². The zero-order chi connectivity index (χ0) is 21.5. The molecular weight excluding hydrogens is 384 g/mol. The minimum Gasteiger partial charge on any atom is -0.383 e. The number of nitriles is 1. The molecule has 3 N–H and O–H groups in total. The van der Waals surface area contributed by atoms with E-state index in [1.807, 2.05) is 0 Å². The predicted octanol–water partition coefficient (Wildman–Crippen LogP) is 1.93. The van der Waals surface area contributed by atoms with Crippen molar-refractivity contribution >= 4 is 23.3 Å². The highest BCUT2D eigenvalue weighted by Gasteiger charge is 2.29. The maximum atomic E-state index is 12.2. The van der Waals surface area contributed by atoms with Crippen LogP contribution in [0.15, 0.2) is 30.6 Å². The van der Waals surface area contributed by atoms with Gasteiger partial charge in [-0.1, -0.05) is 6.07 Å². The second-order valence-electron chi connectivity index (χ2n) is 7.07. The minimum absolute atomic E-state index is 0.0281. The molecule has 0 bridgehead atoms. The van der Waals surface area contributed by atoms with Crippen LogP contribution in [0.2, 0.25) is 0 Å². The standard InChI is InChI=1S/C21H24N6O3/c1-13(20(28)23-7-8-30-2)26-17-9-15(5-6-16(17)10-22)18-11-25-19(12-24-18)27-21(29)14-3-4-14/h5-6,9,11-14,26H,3-4,7-8H2,1-2H3,(H,23,28)(H,25,27,29)/t13-/m0/s1. The first-order valence-electron chi connectivity index (χ1n) is 9.72. The van der Waals surface area contributed by atoms with Crippen LogP contribution in [0.4, 0.5) is 11.5 Å². The summed E-state index contributed by atoms with van der Waals surface area (Å²) in [5.74, 6) is 0.271. The Morgan fingerprint density at radius 3 is 2.73 bits per heavy atom. The van der Waals surface area contributed by atoms with E-state index in [1.54, 1.807) is 38.4 Å². The van der Waals surface area contributed by atoms with Crippen LogP contribution in [-0.4, -0.2) is 48.1 Å². The van der Waals surface area contributed by atoms with Crippen LogP contribution in [0.1, 0.15) is 25.3 Å². The van der Waals surface area contributed by atoms with Gasteiger partial charge in [-0.25, -0.2) is 4.98 Å². The van der Waals surface area contributed by atoms with Crippen LogP contribution in [0.25, 0.3) is 11.3 Å². The van der Waals surface area contributed by atoms with Crippen molar-refractivity contribution < 1.29 is 14.3 Å². The highest BCUT2D eigenvalue weighted by molar-refractivity contribution is 5.93. The molecule has 1 fully saturated rings.